The van der Waals surface area contributed by atoms with Crippen LogP contribution in [0, 0.1) is 0 Å². The molecule has 2 aliphatic heterocycles. The van der Waals surface area contributed by atoms with Crippen molar-refractivity contribution in [2.75, 3.05) is 0 Å². The quantitative estimate of drug-likeness (QED) is 0.656. The SMILES string of the molecule is CC1(C)O[C@H]2O[C@H](Cn3cc(CNC(=O)C4=CC=CC4)nn3)[C@H](OCc3ccccc3)[C@H]2O1. The first-order valence-corrected chi connectivity index (χ1v) is 11.2. The minimum absolute atomic E-state index is 0.0900. The molecule has 5 rings (SSSR count). The minimum Gasteiger partial charge on any atom is -0.368 e. The number of carbonyl (C=O) groups is 1. The zero-order chi connectivity index (χ0) is 22.8. The Bertz CT molecular complexity index is 1050. The van der Waals surface area contributed by atoms with Crippen LogP contribution in [0.5, 0.6) is 0 Å². The Balaban J connectivity index is 1.21. The van der Waals surface area contributed by atoms with E-state index in [2.05, 4.69) is 15.6 Å². The maximum absolute atomic E-state index is 12.2. The number of fused-ring (bicyclic) bond motifs is 1. The summed E-state index contributed by atoms with van der Waals surface area (Å²) in [7, 11) is 0. The average molecular weight is 453 g/mol. The molecule has 9 heteroatoms. The van der Waals surface area contributed by atoms with Crippen molar-refractivity contribution in [1.82, 2.24) is 20.3 Å². The second kappa shape index (κ2) is 9.18. The van der Waals surface area contributed by atoms with Crippen LogP contribution in [0.2, 0.25) is 0 Å². The van der Waals surface area contributed by atoms with Crippen LogP contribution in [0.15, 0.2) is 60.3 Å². The van der Waals surface area contributed by atoms with E-state index >= 15 is 0 Å². The molecule has 1 aliphatic carbocycles. The number of benzene rings is 1. The third-order valence-electron chi connectivity index (χ3n) is 5.82. The number of nitrogens with zero attached hydrogens (tertiary/aromatic N) is 3. The summed E-state index contributed by atoms with van der Waals surface area (Å²) in [6.45, 7) is 4.91. The predicted molar refractivity (Wildman–Crippen MR) is 117 cm³/mol. The number of amides is 1. The van der Waals surface area contributed by atoms with Gasteiger partial charge in [-0.2, -0.15) is 0 Å². The molecule has 174 valence electrons. The van der Waals surface area contributed by atoms with Gasteiger partial charge in [-0.1, -0.05) is 53.8 Å². The molecular formula is C24H28N4O5. The van der Waals surface area contributed by atoms with Crippen molar-refractivity contribution in [3.63, 3.8) is 0 Å². The summed E-state index contributed by atoms with van der Waals surface area (Å²) >= 11 is 0. The van der Waals surface area contributed by atoms with Crippen molar-refractivity contribution in [2.45, 2.75) is 70.4 Å². The first-order chi connectivity index (χ1) is 16.0. The van der Waals surface area contributed by atoms with Crippen molar-refractivity contribution in [1.29, 1.82) is 0 Å². The fourth-order valence-corrected chi connectivity index (χ4v) is 4.26. The van der Waals surface area contributed by atoms with Gasteiger partial charge >= 0.3 is 0 Å². The molecule has 0 bridgehead atoms. The van der Waals surface area contributed by atoms with Crippen molar-refractivity contribution < 1.29 is 23.7 Å². The van der Waals surface area contributed by atoms with Gasteiger partial charge in [0.1, 0.15) is 24.0 Å². The number of aromatic nitrogens is 3. The molecule has 33 heavy (non-hydrogen) atoms. The molecule has 1 aromatic heterocycles. The standard InChI is InChI=1S/C24H28N4O5/c1-24(2)32-21-20(30-15-16-8-4-3-5-9-16)19(31-23(21)33-24)14-28-13-18(26-27-28)12-25-22(29)17-10-6-7-11-17/h3-10,13,19-21,23H,11-12,14-15H2,1-2H3,(H,25,29)/t19-,20+,21-,23-/m1/s1. The lowest BCUT2D eigenvalue weighted by Gasteiger charge is -2.26. The van der Waals surface area contributed by atoms with E-state index in [1.165, 1.54) is 0 Å². The Labute approximate surface area is 192 Å². The van der Waals surface area contributed by atoms with Crippen LogP contribution in [-0.2, 0) is 43.4 Å². The van der Waals surface area contributed by atoms with Crippen molar-refractivity contribution in [3.05, 3.63) is 71.6 Å². The summed E-state index contributed by atoms with van der Waals surface area (Å²) < 4.78 is 26.1. The average Bonchev–Trinajstić information content (AvgIpc) is 3.57. The van der Waals surface area contributed by atoms with Crippen LogP contribution >= 0.6 is 0 Å². The van der Waals surface area contributed by atoms with Gasteiger partial charge in [-0.3, -0.25) is 4.79 Å². The topological polar surface area (TPSA) is 96.7 Å². The molecule has 0 radical (unpaired) electrons. The molecule has 1 N–H and O–H groups in total. The molecule has 3 aliphatic rings. The van der Waals surface area contributed by atoms with Crippen molar-refractivity contribution in [3.8, 4) is 0 Å². The predicted octanol–water partition coefficient (Wildman–Crippen LogP) is 2.24. The molecule has 1 aromatic carbocycles. The van der Waals surface area contributed by atoms with Crippen LogP contribution in [0.25, 0.3) is 0 Å². The largest absolute Gasteiger partial charge is 0.368 e. The fourth-order valence-electron chi connectivity index (χ4n) is 4.26. The molecule has 0 unspecified atom stereocenters. The summed E-state index contributed by atoms with van der Waals surface area (Å²) in [6, 6.07) is 9.99. The lowest BCUT2D eigenvalue weighted by molar-refractivity contribution is -0.220. The minimum atomic E-state index is -0.725. The van der Waals surface area contributed by atoms with E-state index in [0.29, 0.717) is 31.8 Å². The van der Waals surface area contributed by atoms with Crippen LogP contribution in [0.3, 0.4) is 0 Å². The van der Waals surface area contributed by atoms with Crippen LogP contribution < -0.4 is 5.32 Å². The van der Waals surface area contributed by atoms with Crippen LogP contribution in [0.4, 0.5) is 0 Å². The Morgan fingerprint density at radius 3 is 2.91 bits per heavy atom. The van der Waals surface area contributed by atoms with Crippen molar-refractivity contribution in [2.24, 2.45) is 0 Å². The van der Waals surface area contributed by atoms with Gasteiger partial charge in [-0.15, -0.1) is 5.10 Å². The second-order valence-electron chi connectivity index (χ2n) is 8.84. The number of rotatable bonds is 8. The number of allylic oxidation sites excluding steroid dienone is 3. The Morgan fingerprint density at radius 1 is 1.27 bits per heavy atom. The molecule has 3 heterocycles. The van der Waals surface area contributed by atoms with Gasteiger partial charge in [0, 0.05) is 5.57 Å². The van der Waals surface area contributed by atoms with Crippen LogP contribution in [-0.4, -0.2) is 51.3 Å². The Morgan fingerprint density at radius 2 is 2.12 bits per heavy atom. The number of ether oxygens (including phenoxy) is 4. The van der Waals surface area contributed by atoms with E-state index < -0.39 is 12.1 Å². The first kappa shape index (κ1) is 22.0. The van der Waals surface area contributed by atoms with E-state index in [1.54, 1.807) is 10.9 Å². The monoisotopic (exact) mass is 452 g/mol. The summed E-state index contributed by atoms with van der Waals surface area (Å²) in [4.78, 5) is 12.2. The van der Waals surface area contributed by atoms with Crippen LogP contribution in [0.1, 0.15) is 31.5 Å². The van der Waals surface area contributed by atoms with Gasteiger partial charge in [-0.05, 0) is 25.8 Å². The number of nitrogens with one attached hydrogen (secondary N) is 1. The molecule has 0 spiro atoms. The zero-order valence-corrected chi connectivity index (χ0v) is 18.7. The molecule has 2 fully saturated rings. The highest BCUT2D eigenvalue weighted by atomic mass is 16.8. The number of hydrogen-bond acceptors (Lipinski definition) is 7. The summed E-state index contributed by atoms with van der Waals surface area (Å²) in [5.74, 6) is -0.815. The Kier molecular flexibility index (Phi) is 6.11. The van der Waals surface area contributed by atoms with E-state index in [0.717, 1.165) is 11.1 Å². The zero-order valence-electron chi connectivity index (χ0n) is 18.7. The normalized spacial score (nSPS) is 27.5. The van der Waals surface area contributed by atoms with Gasteiger partial charge in [0.05, 0.1) is 25.9 Å². The molecule has 2 saturated heterocycles. The highest BCUT2D eigenvalue weighted by molar-refractivity contribution is 5.94. The molecular weight excluding hydrogens is 424 g/mol. The maximum atomic E-state index is 12.2. The third kappa shape index (κ3) is 5.06. The summed E-state index contributed by atoms with van der Waals surface area (Å²) in [5, 5.41) is 11.3. The van der Waals surface area contributed by atoms with E-state index in [1.807, 2.05) is 62.4 Å². The fraction of sp³-hybridized carbons (Fsp3) is 0.458. The molecule has 1 amide bonds. The number of carbonyl (C=O) groups excluding carboxylic acids is 1. The van der Waals surface area contributed by atoms with E-state index in [9.17, 15) is 4.79 Å². The molecule has 2 aromatic rings. The van der Waals surface area contributed by atoms with E-state index in [4.69, 9.17) is 18.9 Å². The highest BCUT2D eigenvalue weighted by Gasteiger charge is 2.55. The number of hydrogen-bond donors (Lipinski definition) is 1. The summed E-state index contributed by atoms with van der Waals surface area (Å²) in [5.41, 5.74) is 2.49. The van der Waals surface area contributed by atoms with Crippen molar-refractivity contribution >= 4 is 5.91 Å². The highest BCUT2D eigenvalue weighted by Crippen LogP contribution is 2.39. The van der Waals surface area contributed by atoms with E-state index in [-0.39, 0.29) is 24.2 Å². The van der Waals surface area contributed by atoms with Gasteiger partial charge in [0.2, 0.25) is 5.91 Å². The maximum Gasteiger partial charge on any atom is 0.247 e. The Hall–Kier alpha value is -2.85. The lowest BCUT2D eigenvalue weighted by atomic mass is 10.1. The molecule has 4 atom stereocenters. The summed E-state index contributed by atoms with van der Waals surface area (Å²) in [6.07, 6.45) is 6.64. The van der Waals surface area contributed by atoms with Gasteiger partial charge in [-0.25, -0.2) is 4.68 Å². The molecule has 9 nitrogen and oxygen atoms in total. The first-order valence-electron chi connectivity index (χ1n) is 11.2. The lowest BCUT2D eigenvalue weighted by Crippen LogP contribution is -2.38. The third-order valence-corrected chi connectivity index (χ3v) is 5.82. The van der Waals surface area contributed by atoms with Gasteiger partial charge in [0.25, 0.3) is 0 Å². The van der Waals surface area contributed by atoms with Gasteiger partial charge < -0.3 is 24.3 Å². The smallest absolute Gasteiger partial charge is 0.247 e. The van der Waals surface area contributed by atoms with Gasteiger partial charge in [0.15, 0.2) is 12.1 Å². The molecule has 0 saturated carbocycles. The second-order valence-corrected chi connectivity index (χ2v) is 8.84.